The second-order valence-electron chi connectivity index (χ2n) is 4.89. The number of anilines is 1. The van der Waals surface area contributed by atoms with Crippen LogP contribution in [0.25, 0.3) is 5.69 Å². The standard InChI is InChI=1S/C14H16N4O/c1-9-6-11-8-18(14(19)17-13(11)16-9)12-4-2-10(7-15)3-5-12/h2-5,8-9H,6-7,15H2,1H3,(H,16,17,19). The van der Waals surface area contributed by atoms with Crippen molar-refractivity contribution >= 4 is 5.82 Å². The highest BCUT2D eigenvalue weighted by Gasteiger charge is 2.19. The molecule has 3 N–H and O–H groups in total. The summed E-state index contributed by atoms with van der Waals surface area (Å²) in [7, 11) is 0. The van der Waals surface area contributed by atoms with Crippen LogP contribution in [0.4, 0.5) is 5.82 Å². The van der Waals surface area contributed by atoms with E-state index in [0.717, 1.165) is 23.2 Å². The molecule has 0 fully saturated rings. The van der Waals surface area contributed by atoms with Crippen LogP contribution in [0.5, 0.6) is 0 Å². The Morgan fingerprint density at radius 2 is 2.16 bits per heavy atom. The maximum Gasteiger partial charge on any atom is 0.354 e. The van der Waals surface area contributed by atoms with E-state index in [1.165, 1.54) is 0 Å². The summed E-state index contributed by atoms with van der Waals surface area (Å²) in [5.74, 6) is 0.715. The quantitative estimate of drug-likeness (QED) is 0.842. The first-order chi connectivity index (χ1) is 9.17. The third kappa shape index (κ3) is 2.13. The molecule has 1 aromatic carbocycles. The van der Waals surface area contributed by atoms with Gasteiger partial charge in [-0.15, -0.1) is 0 Å². The van der Waals surface area contributed by atoms with E-state index in [9.17, 15) is 4.79 Å². The number of nitrogens with one attached hydrogen (secondary N) is 1. The molecule has 19 heavy (non-hydrogen) atoms. The fraction of sp³-hybridized carbons (Fsp3) is 0.286. The fourth-order valence-corrected chi connectivity index (χ4v) is 2.36. The fourth-order valence-electron chi connectivity index (χ4n) is 2.36. The minimum absolute atomic E-state index is 0.263. The highest BCUT2D eigenvalue weighted by Crippen LogP contribution is 2.22. The van der Waals surface area contributed by atoms with Gasteiger partial charge in [0.05, 0.1) is 5.69 Å². The molecule has 2 heterocycles. The molecular formula is C14H16N4O. The summed E-state index contributed by atoms with van der Waals surface area (Å²) in [4.78, 5) is 16.1. The largest absolute Gasteiger partial charge is 0.367 e. The minimum atomic E-state index is -0.263. The molecule has 0 aliphatic carbocycles. The maximum absolute atomic E-state index is 12.0. The molecular weight excluding hydrogens is 240 g/mol. The van der Waals surface area contributed by atoms with E-state index in [-0.39, 0.29) is 5.69 Å². The number of nitrogens with zero attached hydrogens (tertiary/aromatic N) is 2. The van der Waals surface area contributed by atoms with Crippen LogP contribution in [-0.2, 0) is 13.0 Å². The SMILES string of the molecule is CC1Cc2cn(-c3ccc(CN)cc3)c(=O)nc2N1. The summed E-state index contributed by atoms with van der Waals surface area (Å²) in [6.45, 7) is 2.57. The Labute approximate surface area is 111 Å². The number of rotatable bonds is 2. The van der Waals surface area contributed by atoms with Crippen molar-refractivity contribution < 1.29 is 0 Å². The molecule has 0 saturated heterocycles. The van der Waals surface area contributed by atoms with Gasteiger partial charge in [0.1, 0.15) is 5.82 Å². The van der Waals surface area contributed by atoms with Crippen LogP contribution in [0.2, 0.25) is 0 Å². The Balaban J connectivity index is 2.05. The van der Waals surface area contributed by atoms with Crippen LogP contribution < -0.4 is 16.7 Å². The second-order valence-corrected chi connectivity index (χ2v) is 4.89. The van der Waals surface area contributed by atoms with E-state index in [1.54, 1.807) is 4.57 Å². The van der Waals surface area contributed by atoms with Gasteiger partial charge < -0.3 is 11.1 Å². The number of benzene rings is 1. The Morgan fingerprint density at radius 1 is 1.42 bits per heavy atom. The van der Waals surface area contributed by atoms with Crippen LogP contribution in [0.3, 0.4) is 0 Å². The Morgan fingerprint density at radius 3 is 2.84 bits per heavy atom. The van der Waals surface area contributed by atoms with Gasteiger partial charge in [0, 0.05) is 24.3 Å². The van der Waals surface area contributed by atoms with Gasteiger partial charge in [0.15, 0.2) is 0 Å². The molecule has 0 radical (unpaired) electrons. The van der Waals surface area contributed by atoms with Gasteiger partial charge in [-0.05, 0) is 31.0 Å². The van der Waals surface area contributed by atoms with Gasteiger partial charge in [-0.2, -0.15) is 4.98 Å². The van der Waals surface area contributed by atoms with E-state index in [2.05, 4.69) is 17.2 Å². The highest BCUT2D eigenvalue weighted by molar-refractivity contribution is 5.50. The van der Waals surface area contributed by atoms with Crippen molar-refractivity contribution in [2.24, 2.45) is 5.73 Å². The van der Waals surface area contributed by atoms with Crippen molar-refractivity contribution in [3.8, 4) is 5.69 Å². The number of hydrogen-bond acceptors (Lipinski definition) is 4. The summed E-state index contributed by atoms with van der Waals surface area (Å²) in [5.41, 5.74) is 8.24. The lowest BCUT2D eigenvalue weighted by atomic mass is 10.2. The summed E-state index contributed by atoms with van der Waals surface area (Å²) < 4.78 is 1.58. The number of nitrogens with two attached hydrogens (primary N) is 1. The summed E-state index contributed by atoms with van der Waals surface area (Å²) in [6.07, 6.45) is 2.77. The lowest BCUT2D eigenvalue weighted by Crippen LogP contribution is -2.22. The first-order valence-electron chi connectivity index (χ1n) is 6.36. The molecule has 1 aromatic heterocycles. The molecule has 5 nitrogen and oxygen atoms in total. The van der Waals surface area contributed by atoms with Crippen molar-refractivity contribution in [1.82, 2.24) is 9.55 Å². The van der Waals surface area contributed by atoms with Gasteiger partial charge in [-0.1, -0.05) is 12.1 Å². The Hall–Kier alpha value is -2.14. The summed E-state index contributed by atoms with van der Waals surface area (Å²) >= 11 is 0. The molecule has 0 spiro atoms. The highest BCUT2D eigenvalue weighted by atomic mass is 16.1. The monoisotopic (exact) mass is 256 g/mol. The van der Waals surface area contributed by atoms with E-state index < -0.39 is 0 Å². The third-order valence-electron chi connectivity index (χ3n) is 3.36. The van der Waals surface area contributed by atoms with Gasteiger partial charge >= 0.3 is 5.69 Å². The molecule has 1 atom stereocenters. The molecule has 1 aliphatic rings. The van der Waals surface area contributed by atoms with E-state index in [1.807, 2.05) is 30.5 Å². The molecule has 98 valence electrons. The minimum Gasteiger partial charge on any atom is -0.367 e. The van der Waals surface area contributed by atoms with Crippen LogP contribution in [0.1, 0.15) is 18.1 Å². The molecule has 0 bridgehead atoms. The van der Waals surface area contributed by atoms with Crippen molar-refractivity contribution in [3.05, 3.63) is 52.1 Å². The zero-order valence-corrected chi connectivity index (χ0v) is 10.8. The smallest absolute Gasteiger partial charge is 0.354 e. The second kappa shape index (κ2) is 4.51. The maximum atomic E-state index is 12.0. The van der Waals surface area contributed by atoms with Crippen molar-refractivity contribution in [2.75, 3.05) is 5.32 Å². The number of aromatic nitrogens is 2. The van der Waals surface area contributed by atoms with Gasteiger partial charge in [0.25, 0.3) is 0 Å². The van der Waals surface area contributed by atoms with Crippen molar-refractivity contribution in [3.63, 3.8) is 0 Å². The molecule has 5 heteroatoms. The van der Waals surface area contributed by atoms with Crippen LogP contribution in [-0.4, -0.2) is 15.6 Å². The average Bonchev–Trinajstić information content (AvgIpc) is 2.77. The van der Waals surface area contributed by atoms with Crippen LogP contribution >= 0.6 is 0 Å². The molecule has 1 unspecified atom stereocenters. The first-order valence-corrected chi connectivity index (χ1v) is 6.36. The number of hydrogen-bond donors (Lipinski definition) is 2. The van der Waals surface area contributed by atoms with E-state index in [0.29, 0.717) is 18.4 Å². The molecule has 1 aliphatic heterocycles. The topological polar surface area (TPSA) is 72.9 Å². The average molecular weight is 256 g/mol. The Bertz CT molecular complexity index is 660. The molecule has 2 aromatic rings. The van der Waals surface area contributed by atoms with Crippen LogP contribution in [0.15, 0.2) is 35.3 Å². The van der Waals surface area contributed by atoms with Crippen LogP contribution in [0, 0.1) is 0 Å². The van der Waals surface area contributed by atoms with Crippen molar-refractivity contribution in [1.29, 1.82) is 0 Å². The van der Waals surface area contributed by atoms with Gasteiger partial charge in [-0.3, -0.25) is 4.57 Å². The molecule has 3 rings (SSSR count). The number of fused-ring (bicyclic) bond motifs is 1. The first kappa shape index (κ1) is 11.9. The zero-order chi connectivity index (χ0) is 13.4. The molecule has 0 amide bonds. The van der Waals surface area contributed by atoms with E-state index in [4.69, 9.17) is 5.73 Å². The predicted octanol–water partition coefficient (Wildman–Crippen LogP) is 1.05. The predicted molar refractivity (Wildman–Crippen MR) is 74.5 cm³/mol. The zero-order valence-electron chi connectivity index (χ0n) is 10.8. The Kier molecular flexibility index (Phi) is 2.83. The van der Waals surface area contributed by atoms with Gasteiger partial charge in [-0.25, -0.2) is 4.79 Å². The van der Waals surface area contributed by atoms with E-state index >= 15 is 0 Å². The lowest BCUT2D eigenvalue weighted by molar-refractivity contribution is 0.833. The van der Waals surface area contributed by atoms with Crippen molar-refractivity contribution in [2.45, 2.75) is 25.9 Å². The summed E-state index contributed by atoms with van der Waals surface area (Å²) in [6, 6.07) is 7.97. The summed E-state index contributed by atoms with van der Waals surface area (Å²) in [5, 5.41) is 3.19. The molecule has 0 saturated carbocycles. The van der Waals surface area contributed by atoms with Gasteiger partial charge in [0.2, 0.25) is 0 Å². The normalized spacial score (nSPS) is 17.1. The lowest BCUT2D eigenvalue weighted by Gasteiger charge is -2.07. The third-order valence-corrected chi connectivity index (χ3v) is 3.36.